The third-order valence-electron chi connectivity index (χ3n) is 4.18. The summed E-state index contributed by atoms with van der Waals surface area (Å²) in [6.45, 7) is -1.03. The summed E-state index contributed by atoms with van der Waals surface area (Å²) in [4.78, 5) is 4.15. The Kier molecular flexibility index (Phi) is 7.35. The molecule has 0 aliphatic carbocycles. The summed E-state index contributed by atoms with van der Waals surface area (Å²) in [5.41, 5.74) is 1.48. The Morgan fingerprint density at radius 2 is 1.93 bits per heavy atom. The standard InChI is InChI=1S/C20H22ClF2N3O3/c1-24-20(26-12-14-5-2-3-6-16(14)29-19(22)23)25-11-13-9-15(21)18-17(10-13)27-7-4-8-28-18/h2-3,5-6,9-10,19H,4,7-8,11-12H2,1H3,(H2,24,25,26). The van der Waals surface area contributed by atoms with Crippen molar-refractivity contribution in [3.8, 4) is 17.2 Å². The van der Waals surface area contributed by atoms with Crippen LogP contribution in [0.15, 0.2) is 41.4 Å². The number of rotatable bonds is 6. The summed E-state index contributed by atoms with van der Waals surface area (Å²) in [5, 5.41) is 6.73. The molecule has 0 bridgehead atoms. The lowest BCUT2D eigenvalue weighted by molar-refractivity contribution is -0.0504. The first-order valence-electron chi connectivity index (χ1n) is 9.12. The average molecular weight is 426 g/mol. The molecule has 156 valence electrons. The first-order chi connectivity index (χ1) is 14.1. The minimum Gasteiger partial charge on any atom is -0.489 e. The van der Waals surface area contributed by atoms with Crippen molar-refractivity contribution in [2.75, 3.05) is 20.3 Å². The van der Waals surface area contributed by atoms with Crippen LogP contribution in [0.5, 0.6) is 17.2 Å². The fourth-order valence-corrected chi connectivity index (χ4v) is 3.12. The molecule has 6 nitrogen and oxygen atoms in total. The van der Waals surface area contributed by atoms with Crippen molar-refractivity contribution >= 4 is 17.6 Å². The Morgan fingerprint density at radius 1 is 1.17 bits per heavy atom. The van der Waals surface area contributed by atoms with E-state index >= 15 is 0 Å². The topological polar surface area (TPSA) is 64.1 Å². The van der Waals surface area contributed by atoms with Crippen molar-refractivity contribution in [1.82, 2.24) is 10.6 Å². The van der Waals surface area contributed by atoms with Crippen LogP contribution in [0.3, 0.4) is 0 Å². The molecule has 0 unspecified atom stereocenters. The van der Waals surface area contributed by atoms with Crippen molar-refractivity contribution in [2.45, 2.75) is 26.1 Å². The maximum Gasteiger partial charge on any atom is 0.387 e. The fourth-order valence-electron chi connectivity index (χ4n) is 2.83. The van der Waals surface area contributed by atoms with Crippen LogP contribution in [0.1, 0.15) is 17.5 Å². The Balaban J connectivity index is 1.60. The monoisotopic (exact) mass is 425 g/mol. The Bertz CT molecular complexity index is 865. The number of halogens is 3. The van der Waals surface area contributed by atoms with Crippen molar-refractivity contribution in [2.24, 2.45) is 4.99 Å². The van der Waals surface area contributed by atoms with Crippen LogP contribution in [0, 0.1) is 0 Å². The molecule has 2 aromatic carbocycles. The van der Waals surface area contributed by atoms with Crippen molar-refractivity contribution in [3.05, 3.63) is 52.5 Å². The van der Waals surface area contributed by atoms with Gasteiger partial charge in [0, 0.05) is 32.1 Å². The molecule has 0 atom stereocenters. The predicted octanol–water partition coefficient (Wildman–Crippen LogP) is 3.97. The van der Waals surface area contributed by atoms with E-state index in [-0.39, 0.29) is 12.3 Å². The number of benzene rings is 2. The van der Waals surface area contributed by atoms with Gasteiger partial charge in [-0.1, -0.05) is 29.8 Å². The lowest BCUT2D eigenvalue weighted by atomic mass is 10.2. The highest BCUT2D eigenvalue weighted by Gasteiger charge is 2.16. The van der Waals surface area contributed by atoms with Crippen LogP contribution in [-0.4, -0.2) is 32.8 Å². The molecule has 1 aliphatic heterocycles. The molecular formula is C20H22ClF2N3O3. The zero-order valence-electron chi connectivity index (χ0n) is 15.9. The number of nitrogens with one attached hydrogen (secondary N) is 2. The SMILES string of the molecule is CN=C(NCc1cc(Cl)c2c(c1)OCCCO2)NCc1ccccc1OC(F)F. The van der Waals surface area contributed by atoms with Gasteiger partial charge in [0.25, 0.3) is 0 Å². The van der Waals surface area contributed by atoms with Crippen molar-refractivity contribution < 1.29 is 23.0 Å². The number of hydrogen-bond donors (Lipinski definition) is 2. The zero-order valence-corrected chi connectivity index (χ0v) is 16.6. The molecule has 9 heteroatoms. The number of alkyl halides is 2. The Hall–Kier alpha value is -2.74. The van der Waals surface area contributed by atoms with Crippen molar-refractivity contribution in [1.29, 1.82) is 0 Å². The van der Waals surface area contributed by atoms with Crippen LogP contribution in [0.4, 0.5) is 8.78 Å². The number of para-hydroxylation sites is 1. The predicted molar refractivity (Wildman–Crippen MR) is 107 cm³/mol. The third-order valence-corrected chi connectivity index (χ3v) is 4.46. The zero-order chi connectivity index (χ0) is 20.6. The minimum atomic E-state index is -2.88. The second-order valence-electron chi connectivity index (χ2n) is 6.22. The first-order valence-corrected chi connectivity index (χ1v) is 9.50. The van der Waals surface area contributed by atoms with Crippen LogP contribution in [-0.2, 0) is 13.1 Å². The van der Waals surface area contributed by atoms with E-state index in [1.807, 2.05) is 6.07 Å². The average Bonchev–Trinajstić information content (AvgIpc) is 2.95. The highest BCUT2D eigenvalue weighted by Crippen LogP contribution is 2.37. The third kappa shape index (κ3) is 5.87. The van der Waals surface area contributed by atoms with E-state index in [4.69, 9.17) is 21.1 Å². The lowest BCUT2D eigenvalue weighted by Gasteiger charge is -2.15. The largest absolute Gasteiger partial charge is 0.489 e. The molecule has 3 rings (SSSR count). The van der Waals surface area contributed by atoms with Gasteiger partial charge in [-0.15, -0.1) is 0 Å². The number of hydrogen-bond acceptors (Lipinski definition) is 4. The summed E-state index contributed by atoms with van der Waals surface area (Å²) < 4.78 is 41.0. The van der Waals surface area contributed by atoms with Gasteiger partial charge in [-0.25, -0.2) is 0 Å². The van der Waals surface area contributed by atoms with E-state index in [1.165, 1.54) is 6.07 Å². The molecule has 1 heterocycles. The molecular weight excluding hydrogens is 404 g/mol. The molecule has 0 saturated carbocycles. The fraction of sp³-hybridized carbons (Fsp3) is 0.350. The molecule has 0 radical (unpaired) electrons. The van der Waals surface area contributed by atoms with Gasteiger partial charge in [-0.3, -0.25) is 4.99 Å². The molecule has 2 N–H and O–H groups in total. The van der Waals surface area contributed by atoms with Gasteiger partial charge >= 0.3 is 6.61 Å². The van der Waals surface area contributed by atoms with E-state index < -0.39 is 6.61 Å². The van der Waals surface area contributed by atoms with Crippen molar-refractivity contribution in [3.63, 3.8) is 0 Å². The minimum absolute atomic E-state index is 0.125. The molecule has 0 spiro atoms. The maximum absolute atomic E-state index is 12.5. The van der Waals surface area contributed by atoms with Crippen LogP contribution in [0.25, 0.3) is 0 Å². The van der Waals surface area contributed by atoms with Gasteiger partial charge in [0.15, 0.2) is 17.5 Å². The maximum atomic E-state index is 12.5. The van der Waals surface area contributed by atoms with Crippen LogP contribution in [0.2, 0.25) is 5.02 Å². The number of nitrogens with zero attached hydrogens (tertiary/aromatic N) is 1. The number of aliphatic imine (C=N–C) groups is 1. The summed E-state index contributed by atoms with van der Waals surface area (Å²) in [6, 6.07) is 10.3. The van der Waals surface area contributed by atoms with Gasteiger partial charge < -0.3 is 24.8 Å². The van der Waals surface area contributed by atoms with E-state index in [1.54, 1.807) is 31.3 Å². The first kappa shape index (κ1) is 21.0. The molecule has 1 aliphatic rings. The number of ether oxygens (including phenoxy) is 3. The highest BCUT2D eigenvalue weighted by atomic mass is 35.5. The molecule has 0 amide bonds. The number of fused-ring (bicyclic) bond motifs is 1. The van der Waals surface area contributed by atoms with Crippen LogP contribution >= 0.6 is 11.6 Å². The quantitative estimate of drug-likeness (QED) is 0.541. The lowest BCUT2D eigenvalue weighted by Crippen LogP contribution is -2.36. The van der Waals surface area contributed by atoms with E-state index in [9.17, 15) is 8.78 Å². The Labute approximate surface area is 172 Å². The second-order valence-corrected chi connectivity index (χ2v) is 6.63. The van der Waals surface area contributed by atoms with Gasteiger partial charge in [-0.2, -0.15) is 8.78 Å². The summed E-state index contributed by atoms with van der Waals surface area (Å²) in [7, 11) is 1.62. The van der Waals surface area contributed by atoms with Gasteiger partial charge in [0.1, 0.15) is 5.75 Å². The van der Waals surface area contributed by atoms with Gasteiger partial charge in [0.2, 0.25) is 0 Å². The second kappa shape index (κ2) is 10.2. The van der Waals surface area contributed by atoms with Gasteiger partial charge in [0.05, 0.1) is 18.2 Å². The number of guanidine groups is 1. The van der Waals surface area contributed by atoms with E-state index in [0.29, 0.717) is 47.8 Å². The summed E-state index contributed by atoms with van der Waals surface area (Å²) in [6.07, 6.45) is 0.798. The summed E-state index contributed by atoms with van der Waals surface area (Å²) in [5.74, 6) is 1.80. The normalized spacial score (nSPS) is 13.8. The molecule has 2 aromatic rings. The molecule has 29 heavy (non-hydrogen) atoms. The van der Waals surface area contributed by atoms with E-state index in [2.05, 4.69) is 20.4 Å². The Morgan fingerprint density at radius 3 is 2.72 bits per heavy atom. The molecule has 0 saturated heterocycles. The van der Waals surface area contributed by atoms with Crippen LogP contribution < -0.4 is 24.8 Å². The summed E-state index contributed by atoms with van der Waals surface area (Å²) >= 11 is 6.32. The smallest absolute Gasteiger partial charge is 0.387 e. The van der Waals surface area contributed by atoms with Gasteiger partial charge in [-0.05, 0) is 23.8 Å². The highest BCUT2D eigenvalue weighted by molar-refractivity contribution is 6.32. The molecule has 0 fully saturated rings. The molecule has 0 aromatic heterocycles. The van der Waals surface area contributed by atoms with E-state index in [0.717, 1.165) is 12.0 Å².